The lowest BCUT2D eigenvalue weighted by atomic mass is 10.1. The van der Waals surface area contributed by atoms with Gasteiger partial charge in [-0.1, -0.05) is 18.2 Å². The van der Waals surface area contributed by atoms with Crippen LogP contribution in [0, 0.1) is 5.92 Å². The normalized spacial score (nSPS) is 15.5. The molecule has 6 heteroatoms. The van der Waals surface area contributed by atoms with Crippen LogP contribution >= 0.6 is 0 Å². The average Bonchev–Trinajstić information content (AvgIpc) is 3.62. The summed E-state index contributed by atoms with van der Waals surface area (Å²) in [6, 6.07) is 14.7. The van der Waals surface area contributed by atoms with Gasteiger partial charge in [0, 0.05) is 42.4 Å². The molecule has 0 radical (unpaired) electrons. The van der Waals surface area contributed by atoms with Crippen LogP contribution in [0.1, 0.15) is 52.0 Å². The van der Waals surface area contributed by atoms with Gasteiger partial charge in [-0.25, -0.2) is 0 Å². The lowest BCUT2D eigenvalue weighted by Crippen LogP contribution is -2.27. The molecule has 29 heavy (non-hydrogen) atoms. The van der Waals surface area contributed by atoms with Gasteiger partial charge >= 0.3 is 0 Å². The Hall–Kier alpha value is -3.15. The Labute approximate surface area is 170 Å². The van der Waals surface area contributed by atoms with E-state index in [4.69, 9.17) is 0 Å². The SMILES string of the molecule is CN(Cc1ccc(C(=O)NC2CC2)cc1)C(=O)c1cccc(NC(=O)C2CC2)c1. The van der Waals surface area contributed by atoms with Gasteiger partial charge < -0.3 is 15.5 Å². The zero-order valence-corrected chi connectivity index (χ0v) is 16.5. The van der Waals surface area contributed by atoms with Crippen molar-refractivity contribution < 1.29 is 14.4 Å². The predicted molar refractivity (Wildman–Crippen MR) is 111 cm³/mol. The lowest BCUT2D eigenvalue weighted by molar-refractivity contribution is -0.117. The van der Waals surface area contributed by atoms with Crippen LogP contribution in [-0.2, 0) is 11.3 Å². The highest BCUT2D eigenvalue weighted by Gasteiger charge is 2.29. The molecular weight excluding hydrogens is 366 g/mol. The number of nitrogens with one attached hydrogen (secondary N) is 2. The first-order valence-electron chi connectivity index (χ1n) is 10.1. The lowest BCUT2D eigenvalue weighted by Gasteiger charge is -2.18. The van der Waals surface area contributed by atoms with Crippen LogP contribution in [0.5, 0.6) is 0 Å². The van der Waals surface area contributed by atoms with Gasteiger partial charge in [0.1, 0.15) is 0 Å². The van der Waals surface area contributed by atoms with Crippen LogP contribution < -0.4 is 10.6 Å². The summed E-state index contributed by atoms with van der Waals surface area (Å²) < 4.78 is 0. The second-order valence-electron chi connectivity index (χ2n) is 7.95. The molecule has 2 aromatic carbocycles. The van der Waals surface area contributed by atoms with E-state index < -0.39 is 0 Å². The summed E-state index contributed by atoms with van der Waals surface area (Å²) in [6.45, 7) is 0.433. The van der Waals surface area contributed by atoms with Crippen molar-refractivity contribution in [2.75, 3.05) is 12.4 Å². The minimum atomic E-state index is -0.122. The number of carbonyl (C=O) groups excluding carboxylic acids is 3. The van der Waals surface area contributed by atoms with Crippen LogP contribution in [-0.4, -0.2) is 35.7 Å². The minimum absolute atomic E-state index is 0.0220. The first-order chi connectivity index (χ1) is 14.0. The number of anilines is 1. The molecule has 0 aliphatic heterocycles. The molecule has 2 aliphatic carbocycles. The van der Waals surface area contributed by atoms with Crippen molar-refractivity contribution in [3.05, 3.63) is 65.2 Å². The van der Waals surface area contributed by atoms with E-state index >= 15 is 0 Å². The fraction of sp³-hybridized carbons (Fsp3) is 0.348. The van der Waals surface area contributed by atoms with E-state index in [9.17, 15) is 14.4 Å². The van der Waals surface area contributed by atoms with Crippen LogP contribution in [0.2, 0.25) is 0 Å². The number of nitrogens with zero attached hydrogens (tertiary/aromatic N) is 1. The molecule has 2 N–H and O–H groups in total. The fourth-order valence-corrected chi connectivity index (χ4v) is 3.14. The maximum atomic E-state index is 12.8. The van der Waals surface area contributed by atoms with Crippen molar-refractivity contribution in [3.8, 4) is 0 Å². The zero-order valence-electron chi connectivity index (χ0n) is 16.5. The molecule has 2 saturated carbocycles. The molecule has 3 amide bonds. The monoisotopic (exact) mass is 391 g/mol. The largest absolute Gasteiger partial charge is 0.349 e. The molecule has 4 rings (SSSR count). The molecule has 0 spiro atoms. The molecule has 0 unspecified atom stereocenters. The van der Waals surface area contributed by atoms with Gasteiger partial charge in [-0.05, 0) is 61.6 Å². The molecule has 0 aromatic heterocycles. The van der Waals surface area contributed by atoms with Crippen molar-refractivity contribution in [1.82, 2.24) is 10.2 Å². The molecular formula is C23H25N3O3. The predicted octanol–water partition coefficient (Wildman–Crippen LogP) is 3.20. The summed E-state index contributed by atoms with van der Waals surface area (Å²) in [6.07, 6.45) is 3.99. The number of benzene rings is 2. The highest BCUT2D eigenvalue weighted by molar-refractivity contribution is 5.98. The van der Waals surface area contributed by atoms with Gasteiger partial charge in [-0.2, -0.15) is 0 Å². The Morgan fingerprint density at radius 1 is 0.966 bits per heavy atom. The van der Waals surface area contributed by atoms with Gasteiger partial charge in [-0.3, -0.25) is 14.4 Å². The molecule has 6 nitrogen and oxygen atoms in total. The third kappa shape index (κ3) is 5.02. The number of hydrogen-bond donors (Lipinski definition) is 2. The standard InChI is InChI=1S/C23H25N3O3/c1-26(14-15-5-7-16(8-6-15)21(27)24-19-11-12-19)23(29)18-3-2-4-20(13-18)25-22(28)17-9-10-17/h2-8,13,17,19H,9-12,14H2,1H3,(H,24,27)(H,25,28). The van der Waals surface area contributed by atoms with Crippen LogP contribution in [0.3, 0.4) is 0 Å². The van der Waals surface area contributed by atoms with E-state index in [-0.39, 0.29) is 23.6 Å². The molecule has 0 heterocycles. The smallest absolute Gasteiger partial charge is 0.253 e. The molecule has 2 aliphatic rings. The maximum absolute atomic E-state index is 12.8. The van der Waals surface area contributed by atoms with Crippen LogP contribution in [0.4, 0.5) is 5.69 Å². The maximum Gasteiger partial charge on any atom is 0.253 e. The third-order valence-electron chi connectivity index (χ3n) is 5.22. The summed E-state index contributed by atoms with van der Waals surface area (Å²) >= 11 is 0. The summed E-state index contributed by atoms with van der Waals surface area (Å²) in [5.41, 5.74) is 2.75. The average molecular weight is 391 g/mol. The molecule has 0 atom stereocenters. The quantitative estimate of drug-likeness (QED) is 0.761. The summed E-state index contributed by atoms with van der Waals surface area (Å²) in [5.74, 6) is -0.0308. The van der Waals surface area contributed by atoms with E-state index in [1.54, 1.807) is 48.3 Å². The van der Waals surface area contributed by atoms with Crippen molar-refractivity contribution in [2.45, 2.75) is 38.3 Å². The van der Waals surface area contributed by atoms with Gasteiger partial charge in [0.25, 0.3) is 11.8 Å². The Morgan fingerprint density at radius 2 is 1.69 bits per heavy atom. The summed E-state index contributed by atoms with van der Waals surface area (Å²) in [5, 5.41) is 5.84. The van der Waals surface area contributed by atoms with E-state index in [2.05, 4.69) is 10.6 Å². The number of amides is 3. The molecule has 2 aromatic rings. The van der Waals surface area contributed by atoms with Crippen molar-refractivity contribution in [2.24, 2.45) is 5.92 Å². The highest BCUT2D eigenvalue weighted by Crippen LogP contribution is 2.30. The van der Waals surface area contributed by atoms with Gasteiger partial charge in [0.2, 0.25) is 5.91 Å². The zero-order chi connectivity index (χ0) is 20.4. The summed E-state index contributed by atoms with van der Waals surface area (Å²) in [4.78, 5) is 38.4. The first kappa shape index (κ1) is 19.2. The van der Waals surface area contributed by atoms with Gasteiger partial charge in [-0.15, -0.1) is 0 Å². The van der Waals surface area contributed by atoms with Gasteiger partial charge in [0.15, 0.2) is 0 Å². The Morgan fingerprint density at radius 3 is 2.34 bits per heavy atom. The van der Waals surface area contributed by atoms with Gasteiger partial charge in [0.05, 0.1) is 0 Å². The number of hydrogen-bond acceptors (Lipinski definition) is 3. The molecule has 0 saturated heterocycles. The van der Waals surface area contributed by atoms with E-state index in [0.717, 1.165) is 31.2 Å². The fourth-order valence-electron chi connectivity index (χ4n) is 3.14. The molecule has 2 fully saturated rings. The molecule has 0 bridgehead atoms. The van der Waals surface area contributed by atoms with Crippen molar-refractivity contribution in [3.63, 3.8) is 0 Å². The van der Waals surface area contributed by atoms with E-state index in [0.29, 0.717) is 29.4 Å². The number of carbonyl (C=O) groups is 3. The minimum Gasteiger partial charge on any atom is -0.349 e. The number of rotatable bonds is 7. The van der Waals surface area contributed by atoms with Crippen molar-refractivity contribution in [1.29, 1.82) is 0 Å². The van der Waals surface area contributed by atoms with E-state index in [1.807, 2.05) is 12.1 Å². The van der Waals surface area contributed by atoms with Crippen LogP contribution in [0.15, 0.2) is 48.5 Å². The van der Waals surface area contributed by atoms with Crippen LogP contribution in [0.25, 0.3) is 0 Å². The Balaban J connectivity index is 1.36. The second-order valence-corrected chi connectivity index (χ2v) is 7.95. The Kier molecular flexibility index (Phi) is 5.34. The summed E-state index contributed by atoms with van der Waals surface area (Å²) in [7, 11) is 1.74. The van der Waals surface area contributed by atoms with E-state index in [1.165, 1.54) is 0 Å². The first-order valence-corrected chi connectivity index (χ1v) is 10.1. The van der Waals surface area contributed by atoms with Crippen molar-refractivity contribution >= 4 is 23.4 Å². The molecule has 150 valence electrons. The highest BCUT2D eigenvalue weighted by atomic mass is 16.2. The third-order valence-corrected chi connectivity index (χ3v) is 5.22. The topological polar surface area (TPSA) is 78.5 Å². The second kappa shape index (κ2) is 8.07. The Bertz CT molecular complexity index is 931.